The monoisotopic (exact) mass is 188 g/mol. The van der Waals surface area contributed by atoms with Crippen LogP contribution in [-0.4, -0.2) is 36.1 Å². The van der Waals surface area contributed by atoms with Crippen LogP contribution in [0.15, 0.2) is 0 Å². The standard InChI is InChI=1S/C7H16N4O2/c1-4(10-6(8)12)5(2)11(3)7(9)13/h4-5H,1-3H3,(H2,9,13)(H3,8,10,12). The number of amides is 4. The zero-order valence-electron chi connectivity index (χ0n) is 8.07. The molecule has 0 aliphatic heterocycles. The Morgan fingerprint density at radius 1 is 1.31 bits per heavy atom. The summed E-state index contributed by atoms with van der Waals surface area (Å²) >= 11 is 0. The molecule has 0 heterocycles. The number of nitrogens with zero attached hydrogens (tertiary/aromatic N) is 1. The molecule has 76 valence electrons. The van der Waals surface area contributed by atoms with E-state index in [1.54, 1.807) is 20.9 Å². The van der Waals surface area contributed by atoms with Gasteiger partial charge in [0.25, 0.3) is 0 Å². The van der Waals surface area contributed by atoms with Crippen LogP contribution in [0.25, 0.3) is 0 Å². The second-order valence-corrected chi connectivity index (χ2v) is 2.99. The van der Waals surface area contributed by atoms with E-state index in [9.17, 15) is 9.59 Å². The molecule has 0 aliphatic carbocycles. The molecule has 0 saturated carbocycles. The van der Waals surface area contributed by atoms with Gasteiger partial charge in [-0.25, -0.2) is 9.59 Å². The number of carbonyl (C=O) groups excluding carboxylic acids is 2. The molecule has 0 aromatic rings. The van der Waals surface area contributed by atoms with E-state index in [1.807, 2.05) is 0 Å². The fraction of sp³-hybridized carbons (Fsp3) is 0.714. The van der Waals surface area contributed by atoms with E-state index in [0.717, 1.165) is 0 Å². The van der Waals surface area contributed by atoms with Crippen LogP contribution in [0, 0.1) is 0 Å². The lowest BCUT2D eigenvalue weighted by Gasteiger charge is -2.28. The van der Waals surface area contributed by atoms with Gasteiger partial charge in [0, 0.05) is 13.1 Å². The van der Waals surface area contributed by atoms with Crippen molar-refractivity contribution in [1.29, 1.82) is 0 Å². The number of primary amides is 2. The van der Waals surface area contributed by atoms with Crippen molar-refractivity contribution < 1.29 is 9.59 Å². The predicted molar refractivity (Wildman–Crippen MR) is 49.0 cm³/mol. The van der Waals surface area contributed by atoms with Crippen molar-refractivity contribution in [1.82, 2.24) is 10.2 Å². The minimum absolute atomic E-state index is 0.190. The van der Waals surface area contributed by atoms with Gasteiger partial charge in [-0.2, -0.15) is 0 Å². The summed E-state index contributed by atoms with van der Waals surface area (Å²) < 4.78 is 0. The average Bonchev–Trinajstić information content (AvgIpc) is 2.00. The lowest BCUT2D eigenvalue weighted by Crippen LogP contribution is -2.51. The molecule has 0 spiro atoms. The minimum atomic E-state index is -0.614. The first kappa shape index (κ1) is 11.5. The molecule has 0 saturated heterocycles. The number of rotatable bonds is 3. The second kappa shape index (κ2) is 4.54. The first-order chi connectivity index (χ1) is 5.86. The van der Waals surface area contributed by atoms with Gasteiger partial charge in [-0.1, -0.05) is 0 Å². The summed E-state index contributed by atoms with van der Waals surface area (Å²) in [5.74, 6) is 0. The third kappa shape index (κ3) is 3.64. The number of hydrogen-bond donors (Lipinski definition) is 3. The zero-order chi connectivity index (χ0) is 10.6. The lowest BCUT2D eigenvalue weighted by atomic mass is 10.1. The number of hydrogen-bond acceptors (Lipinski definition) is 2. The van der Waals surface area contributed by atoms with Gasteiger partial charge in [0.05, 0.1) is 6.04 Å². The molecule has 0 radical (unpaired) electrons. The van der Waals surface area contributed by atoms with E-state index in [0.29, 0.717) is 0 Å². The molecule has 0 bridgehead atoms. The maximum absolute atomic E-state index is 10.7. The topological polar surface area (TPSA) is 101 Å². The molecule has 0 fully saturated rings. The number of likely N-dealkylation sites (N-methyl/N-ethyl adjacent to an activating group) is 1. The van der Waals surface area contributed by atoms with Gasteiger partial charge in [0.1, 0.15) is 0 Å². The van der Waals surface area contributed by atoms with E-state index >= 15 is 0 Å². The Labute approximate surface area is 77.2 Å². The summed E-state index contributed by atoms with van der Waals surface area (Å²) in [5.41, 5.74) is 9.97. The van der Waals surface area contributed by atoms with E-state index in [1.165, 1.54) is 4.90 Å². The Kier molecular flexibility index (Phi) is 4.03. The van der Waals surface area contributed by atoms with Crippen molar-refractivity contribution in [3.63, 3.8) is 0 Å². The summed E-state index contributed by atoms with van der Waals surface area (Å²) in [4.78, 5) is 22.6. The summed E-state index contributed by atoms with van der Waals surface area (Å²) in [7, 11) is 1.56. The Morgan fingerprint density at radius 2 is 1.77 bits per heavy atom. The molecule has 6 heteroatoms. The predicted octanol–water partition coefficient (Wildman–Crippen LogP) is -0.558. The van der Waals surface area contributed by atoms with Gasteiger partial charge in [-0.15, -0.1) is 0 Å². The van der Waals surface area contributed by atoms with E-state index in [4.69, 9.17) is 11.5 Å². The molecule has 0 aromatic heterocycles. The highest BCUT2D eigenvalue weighted by Crippen LogP contribution is 2.00. The number of nitrogens with one attached hydrogen (secondary N) is 1. The smallest absolute Gasteiger partial charge is 0.314 e. The fourth-order valence-corrected chi connectivity index (χ4v) is 0.881. The van der Waals surface area contributed by atoms with Crippen LogP contribution in [0.3, 0.4) is 0 Å². The minimum Gasteiger partial charge on any atom is -0.352 e. The molecule has 0 aliphatic rings. The van der Waals surface area contributed by atoms with Crippen molar-refractivity contribution in [2.45, 2.75) is 25.9 Å². The van der Waals surface area contributed by atoms with Crippen molar-refractivity contribution in [2.24, 2.45) is 11.5 Å². The van der Waals surface area contributed by atoms with Crippen molar-refractivity contribution in [3.05, 3.63) is 0 Å². The number of urea groups is 2. The lowest BCUT2D eigenvalue weighted by molar-refractivity contribution is 0.190. The second-order valence-electron chi connectivity index (χ2n) is 2.99. The fourth-order valence-electron chi connectivity index (χ4n) is 0.881. The van der Waals surface area contributed by atoms with Crippen LogP contribution in [0.5, 0.6) is 0 Å². The molecule has 4 amide bonds. The number of nitrogens with two attached hydrogens (primary N) is 2. The van der Waals surface area contributed by atoms with Crippen molar-refractivity contribution >= 4 is 12.1 Å². The zero-order valence-corrected chi connectivity index (χ0v) is 8.07. The van der Waals surface area contributed by atoms with Gasteiger partial charge in [-0.05, 0) is 13.8 Å². The van der Waals surface area contributed by atoms with Gasteiger partial charge in [0.2, 0.25) is 0 Å². The molecular weight excluding hydrogens is 172 g/mol. The summed E-state index contributed by atoms with van der Waals surface area (Å²) in [5, 5.41) is 2.47. The molecule has 0 aromatic carbocycles. The Morgan fingerprint density at radius 3 is 2.08 bits per heavy atom. The normalized spacial score (nSPS) is 14.4. The quantitative estimate of drug-likeness (QED) is 0.553. The molecule has 13 heavy (non-hydrogen) atoms. The van der Waals surface area contributed by atoms with Crippen LogP contribution in [0.1, 0.15) is 13.8 Å². The first-order valence-electron chi connectivity index (χ1n) is 3.94. The third-order valence-corrected chi connectivity index (χ3v) is 2.05. The highest BCUT2D eigenvalue weighted by molar-refractivity contribution is 5.73. The van der Waals surface area contributed by atoms with Crippen LogP contribution in [-0.2, 0) is 0 Å². The highest BCUT2D eigenvalue weighted by Gasteiger charge is 2.19. The molecule has 2 unspecified atom stereocenters. The molecule has 0 rings (SSSR count). The highest BCUT2D eigenvalue weighted by atomic mass is 16.2. The maximum Gasteiger partial charge on any atom is 0.314 e. The van der Waals surface area contributed by atoms with Gasteiger partial charge in [0.15, 0.2) is 0 Å². The van der Waals surface area contributed by atoms with E-state index in [2.05, 4.69) is 5.32 Å². The van der Waals surface area contributed by atoms with Crippen LogP contribution >= 0.6 is 0 Å². The van der Waals surface area contributed by atoms with Crippen LogP contribution in [0.2, 0.25) is 0 Å². The Balaban J connectivity index is 4.16. The third-order valence-electron chi connectivity index (χ3n) is 2.05. The van der Waals surface area contributed by atoms with E-state index in [-0.39, 0.29) is 12.1 Å². The largest absolute Gasteiger partial charge is 0.352 e. The van der Waals surface area contributed by atoms with Crippen molar-refractivity contribution in [3.8, 4) is 0 Å². The number of carbonyl (C=O) groups is 2. The maximum atomic E-state index is 10.7. The summed E-state index contributed by atoms with van der Waals surface area (Å²) in [6.45, 7) is 3.51. The first-order valence-corrected chi connectivity index (χ1v) is 3.94. The van der Waals surface area contributed by atoms with Gasteiger partial charge >= 0.3 is 12.1 Å². The van der Waals surface area contributed by atoms with E-state index < -0.39 is 12.1 Å². The van der Waals surface area contributed by atoms with Crippen LogP contribution in [0.4, 0.5) is 9.59 Å². The van der Waals surface area contributed by atoms with Gasteiger partial charge < -0.3 is 21.7 Å². The molecule has 2 atom stereocenters. The molecule has 5 N–H and O–H groups in total. The summed E-state index contributed by atoms with van der Waals surface area (Å²) in [6.07, 6.45) is 0. The van der Waals surface area contributed by atoms with Gasteiger partial charge in [-0.3, -0.25) is 0 Å². The Bertz CT molecular complexity index is 207. The SMILES string of the molecule is CC(NC(N)=O)C(C)N(C)C(N)=O. The Hall–Kier alpha value is -1.46. The molecular formula is C7H16N4O2. The average molecular weight is 188 g/mol. The summed E-state index contributed by atoms with van der Waals surface area (Å²) in [6, 6.07) is -1.57. The van der Waals surface area contributed by atoms with Crippen LogP contribution < -0.4 is 16.8 Å². The molecule has 6 nitrogen and oxygen atoms in total. The van der Waals surface area contributed by atoms with Crippen molar-refractivity contribution in [2.75, 3.05) is 7.05 Å².